The average Bonchev–Trinajstić information content (AvgIpc) is 2.93. The van der Waals surface area contributed by atoms with E-state index in [1.165, 1.54) is 5.56 Å². The van der Waals surface area contributed by atoms with Crippen molar-refractivity contribution in [2.24, 2.45) is 0 Å². The fraction of sp³-hybridized carbons (Fsp3) is 0.444. The molecular formula is C18H23N3O3. The van der Waals surface area contributed by atoms with E-state index in [2.05, 4.69) is 22.2 Å². The molecule has 6 nitrogen and oxygen atoms in total. The van der Waals surface area contributed by atoms with Crippen molar-refractivity contribution in [3.63, 3.8) is 0 Å². The predicted molar refractivity (Wildman–Crippen MR) is 90.8 cm³/mol. The average molecular weight is 329 g/mol. The molecule has 1 aliphatic rings. The number of hydrogen-bond acceptors (Lipinski definition) is 5. The molecule has 1 saturated heterocycles. The smallest absolute Gasteiger partial charge is 0.257 e. The molecule has 1 aromatic heterocycles. The molecule has 0 saturated carbocycles. The minimum Gasteiger partial charge on any atom is -0.366 e. The number of likely N-dealkylation sites (N-methyl/N-ethyl adjacent to an activating group) is 1. The highest BCUT2D eigenvalue weighted by Crippen LogP contribution is 2.24. The van der Waals surface area contributed by atoms with E-state index in [1.54, 1.807) is 11.9 Å². The topological polar surface area (TPSA) is 58.8 Å². The Labute approximate surface area is 142 Å². The molecule has 1 fully saturated rings. The number of morpholine rings is 1. The second-order valence-corrected chi connectivity index (χ2v) is 6.15. The molecule has 128 valence electrons. The summed E-state index contributed by atoms with van der Waals surface area (Å²) in [5.74, 6) is 0.572. The van der Waals surface area contributed by atoms with Crippen molar-refractivity contribution in [1.82, 2.24) is 10.1 Å². The lowest BCUT2D eigenvalue weighted by Crippen LogP contribution is -2.50. The molecule has 3 rings (SSSR count). The van der Waals surface area contributed by atoms with Crippen LogP contribution >= 0.6 is 0 Å². The van der Waals surface area contributed by atoms with Crippen molar-refractivity contribution in [2.75, 3.05) is 31.6 Å². The standard InChI is InChI=1S/C18H23N3O3/c1-13-17(14(2)24-19-13)20(3)18(22)16-12-21(9-10-23-16)11-15-7-5-4-6-8-15/h4-8,16H,9-12H2,1-3H3/t16-/m0/s1. The van der Waals surface area contributed by atoms with Gasteiger partial charge in [0.2, 0.25) is 0 Å². The summed E-state index contributed by atoms with van der Waals surface area (Å²) in [7, 11) is 1.74. The lowest BCUT2D eigenvalue weighted by atomic mass is 10.1. The van der Waals surface area contributed by atoms with Gasteiger partial charge in [-0.15, -0.1) is 0 Å². The van der Waals surface area contributed by atoms with Gasteiger partial charge < -0.3 is 14.2 Å². The Bertz CT molecular complexity index is 679. The monoisotopic (exact) mass is 329 g/mol. The first-order valence-corrected chi connectivity index (χ1v) is 8.14. The van der Waals surface area contributed by atoms with Crippen LogP contribution in [0.25, 0.3) is 0 Å². The number of ether oxygens (including phenoxy) is 1. The van der Waals surface area contributed by atoms with E-state index in [4.69, 9.17) is 9.26 Å². The number of carbonyl (C=O) groups is 1. The molecule has 6 heteroatoms. The van der Waals surface area contributed by atoms with Crippen LogP contribution in [0.1, 0.15) is 17.0 Å². The molecule has 0 bridgehead atoms. The zero-order chi connectivity index (χ0) is 17.1. The fourth-order valence-electron chi connectivity index (χ4n) is 3.12. The lowest BCUT2D eigenvalue weighted by molar-refractivity contribution is -0.135. The molecule has 0 spiro atoms. The van der Waals surface area contributed by atoms with Gasteiger partial charge in [-0.2, -0.15) is 0 Å². The summed E-state index contributed by atoms with van der Waals surface area (Å²) in [6.45, 7) is 6.43. The van der Waals surface area contributed by atoms with E-state index < -0.39 is 6.10 Å². The predicted octanol–water partition coefficient (Wildman–Crippen LogP) is 2.16. The molecule has 2 aromatic rings. The highest BCUT2D eigenvalue weighted by Gasteiger charge is 2.31. The van der Waals surface area contributed by atoms with Crippen LogP contribution in [0.4, 0.5) is 5.69 Å². The first-order chi connectivity index (χ1) is 11.6. The Morgan fingerprint density at radius 3 is 2.75 bits per heavy atom. The van der Waals surface area contributed by atoms with Crippen molar-refractivity contribution in [3.05, 3.63) is 47.3 Å². The van der Waals surface area contributed by atoms with Crippen LogP contribution < -0.4 is 4.90 Å². The molecule has 1 aliphatic heterocycles. The van der Waals surface area contributed by atoms with Gasteiger partial charge in [-0.3, -0.25) is 9.69 Å². The zero-order valence-corrected chi connectivity index (χ0v) is 14.4. The van der Waals surface area contributed by atoms with Crippen molar-refractivity contribution in [1.29, 1.82) is 0 Å². The highest BCUT2D eigenvalue weighted by molar-refractivity contribution is 5.97. The summed E-state index contributed by atoms with van der Waals surface area (Å²) >= 11 is 0. The van der Waals surface area contributed by atoms with E-state index >= 15 is 0 Å². The number of anilines is 1. The van der Waals surface area contributed by atoms with Crippen LogP contribution in [-0.4, -0.2) is 48.8 Å². The third-order valence-corrected chi connectivity index (χ3v) is 4.34. The molecular weight excluding hydrogens is 306 g/mol. The summed E-state index contributed by atoms with van der Waals surface area (Å²) < 4.78 is 10.9. The van der Waals surface area contributed by atoms with E-state index in [1.807, 2.05) is 32.0 Å². The molecule has 0 radical (unpaired) electrons. The summed E-state index contributed by atoms with van der Waals surface area (Å²) in [6, 6.07) is 10.3. The van der Waals surface area contributed by atoms with Crippen LogP contribution in [0.15, 0.2) is 34.9 Å². The number of carbonyl (C=O) groups excluding carboxylic acids is 1. The molecule has 0 aliphatic carbocycles. The Morgan fingerprint density at radius 2 is 2.08 bits per heavy atom. The second-order valence-electron chi connectivity index (χ2n) is 6.15. The first-order valence-electron chi connectivity index (χ1n) is 8.14. The number of nitrogens with zero attached hydrogens (tertiary/aromatic N) is 3. The normalized spacial score (nSPS) is 18.5. The van der Waals surface area contributed by atoms with Crippen molar-refractivity contribution < 1.29 is 14.1 Å². The zero-order valence-electron chi connectivity index (χ0n) is 14.4. The molecule has 1 aromatic carbocycles. The maximum atomic E-state index is 12.8. The highest BCUT2D eigenvalue weighted by atomic mass is 16.5. The Balaban J connectivity index is 1.67. The number of aryl methyl sites for hydroxylation is 2. The summed E-state index contributed by atoms with van der Waals surface area (Å²) in [6.07, 6.45) is -0.471. The van der Waals surface area contributed by atoms with Gasteiger partial charge in [0.25, 0.3) is 5.91 Å². The van der Waals surface area contributed by atoms with E-state index in [-0.39, 0.29) is 5.91 Å². The number of aromatic nitrogens is 1. The van der Waals surface area contributed by atoms with Gasteiger partial charge in [-0.05, 0) is 19.4 Å². The quantitative estimate of drug-likeness (QED) is 0.860. The SMILES string of the molecule is Cc1noc(C)c1N(C)C(=O)[C@@H]1CN(Cc2ccccc2)CCO1. The van der Waals surface area contributed by atoms with Gasteiger partial charge in [0, 0.05) is 26.7 Å². The lowest BCUT2D eigenvalue weighted by Gasteiger charge is -2.34. The second kappa shape index (κ2) is 7.15. The summed E-state index contributed by atoms with van der Waals surface area (Å²) in [4.78, 5) is 16.7. The van der Waals surface area contributed by atoms with Gasteiger partial charge >= 0.3 is 0 Å². The van der Waals surface area contributed by atoms with Gasteiger partial charge in [0.15, 0.2) is 5.76 Å². The summed E-state index contributed by atoms with van der Waals surface area (Å²) in [5.41, 5.74) is 2.67. The van der Waals surface area contributed by atoms with Crippen LogP contribution in [-0.2, 0) is 16.1 Å². The maximum Gasteiger partial charge on any atom is 0.257 e. The Kier molecular flexibility index (Phi) is 4.97. The molecule has 24 heavy (non-hydrogen) atoms. The third-order valence-electron chi connectivity index (χ3n) is 4.34. The molecule has 0 unspecified atom stereocenters. The van der Waals surface area contributed by atoms with Crippen molar-refractivity contribution in [3.8, 4) is 0 Å². The van der Waals surface area contributed by atoms with Gasteiger partial charge in [0.1, 0.15) is 17.5 Å². The fourth-order valence-corrected chi connectivity index (χ4v) is 3.12. The minimum atomic E-state index is -0.471. The molecule has 1 atom stereocenters. The molecule has 0 N–H and O–H groups in total. The van der Waals surface area contributed by atoms with Gasteiger partial charge in [-0.1, -0.05) is 35.5 Å². The third kappa shape index (κ3) is 3.49. The van der Waals surface area contributed by atoms with E-state index in [0.717, 1.165) is 18.8 Å². The minimum absolute atomic E-state index is 0.0674. The summed E-state index contributed by atoms with van der Waals surface area (Å²) in [5, 5.41) is 3.92. The number of amides is 1. The Morgan fingerprint density at radius 1 is 1.33 bits per heavy atom. The van der Waals surface area contributed by atoms with Crippen LogP contribution in [0.3, 0.4) is 0 Å². The van der Waals surface area contributed by atoms with Crippen molar-refractivity contribution in [2.45, 2.75) is 26.5 Å². The first kappa shape index (κ1) is 16.7. The Hall–Kier alpha value is -2.18. The molecule has 1 amide bonds. The number of benzene rings is 1. The number of hydrogen-bond donors (Lipinski definition) is 0. The van der Waals surface area contributed by atoms with Gasteiger partial charge in [-0.25, -0.2) is 0 Å². The van der Waals surface area contributed by atoms with Crippen LogP contribution in [0, 0.1) is 13.8 Å². The van der Waals surface area contributed by atoms with Crippen LogP contribution in [0.5, 0.6) is 0 Å². The van der Waals surface area contributed by atoms with Crippen LogP contribution in [0.2, 0.25) is 0 Å². The van der Waals surface area contributed by atoms with E-state index in [9.17, 15) is 4.79 Å². The van der Waals surface area contributed by atoms with E-state index in [0.29, 0.717) is 24.6 Å². The largest absolute Gasteiger partial charge is 0.366 e. The number of rotatable bonds is 4. The van der Waals surface area contributed by atoms with Crippen molar-refractivity contribution >= 4 is 11.6 Å². The maximum absolute atomic E-state index is 12.8. The molecule has 2 heterocycles. The van der Waals surface area contributed by atoms with Gasteiger partial charge in [0.05, 0.1) is 6.61 Å².